The van der Waals surface area contributed by atoms with Crippen LogP contribution in [0, 0.1) is 6.92 Å². The number of ether oxygens (including phenoxy) is 1. The predicted molar refractivity (Wildman–Crippen MR) is 77.0 cm³/mol. The molecule has 0 N–H and O–H groups in total. The molecule has 1 aliphatic rings. The fourth-order valence-corrected chi connectivity index (χ4v) is 2.56. The van der Waals surface area contributed by atoms with Gasteiger partial charge in [0.1, 0.15) is 0 Å². The molecule has 110 valence electrons. The molecule has 0 bridgehead atoms. The molecule has 21 heavy (non-hydrogen) atoms. The molecule has 5 heteroatoms. The van der Waals surface area contributed by atoms with Gasteiger partial charge in [0.2, 0.25) is 5.76 Å². The van der Waals surface area contributed by atoms with Gasteiger partial charge in [0, 0.05) is 19.5 Å². The van der Waals surface area contributed by atoms with E-state index in [9.17, 15) is 4.79 Å². The molecule has 1 atom stereocenters. The van der Waals surface area contributed by atoms with Crippen LogP contribution in [0.25, 0.3) is 0 Å². The first-order chi connectivity index (χ1) is 10.2. The van der Waals surface area contributed by atoms with Crippen molar-refractivity contribution in [1.82, 2.24) is 9.88 Å². The van der Waals surface area contributed by atoms with Crippen LogP contribution in [-0.2, 0) is 11.2 Å². The van der Waals surface area contributed by atoms with Crippen molar-refractivity contribution in [2.75, 3.05) is 19.7 Å². The van der Waals surface area contributed by atoms with Crippen molar-refractivity contribution in [2.45, 2.75) is 19.4 Å². The van der Waals surface area contributed by atoms with E-state index in [2.05, 4.69) is 17.1 Å². The fraction of sp³-hybridized carbons (Fsp3) is 0.375. The van der Waals surface area contributed by atoms with Gasteiger partial charge in [-0.15, -0.1) is 0 Å². The Morgan fingerprint density at radius 1 is 1.38 bits per heavy atom. The van der Waals surface area contributed by atoms with Gasteiger partial charge in [-0.25, -0.2) is 4.98 Å². The van der Waals surface area contributed by atoms with Crippen LogP contribution < -0.4 is 0 Å². The average Bonchev–Trinajstić information content (AvgIpc) is 2.94. The first-order valence-electron chi connectivity index (χ1n) is 7.09. The number of oxazole rings is 1. The zero-order valence-corrected chi connectivity index (χ0v) is 12.0. The van der Waals surface area contributed by atoms with Gasteiger partial charge in [-0.3, -0.25) is 4.79 Å². The summed E-state index contributed by atoms with van der Waals surface area (Å²) in [5.41, 5.74) is 1.85. The molecule has 1 aliphatic heterocycles. The zero-order chi connectivity index (χ0) is 14.7. The monoisotopic (exact) mass is 286 g/mol. The largest absolute Gasteiger partial charge is 0.438 e. The summed E-state index contributed by atoms with van der Waals surface area (Å²) in [5, 5.41) is 0. The van der Waals surface area contributed by atoms with Crippen molar-refractivity contribution in [1.29, 1.82) is 0 Å². The standard InChI is InChI=1S/C16H18N2O3/c1-12-15(21-11-17-12)16(19)18-7-8-20-14(10-18)9-13-5-3-2-4-6-13/h2-6,11,14H,7-10H2,1H3/t14-/m1/s1. The van der Waals surface area contributed by atoms with Crippen LogP contribution in [0.5, 0.6) is 0 Å². The third-order valence-corrected chi connectivity index (χ3v) is 3.67. The summed E-state index contributed by atoms with van der Waals surface area (Å²) >= 11 is 0. The van der Waals surface area contributed by atoms with Crippen LogP contribution in [0.15, 0.2) is 41.1 Å². The molecular weight excluding hydrogens is 268 g/mol. The number of hydrogen-bond acceptors (Lipinski definition) is 4. The average molecular weight is 286 g/mol. The van der Waals surface area contributed by atoms with E-state index in [1.165, 1.54) is 12.0 Å². The van der Waals surface area contributed by atoms with E-state index in [0.717, 1.165) is 6.42 Å². The molecule has 1 amide bonds. The van der Waals surface area contributed by atoms with Gasteiger partial charge in [-0.2, -0.15) is 0 Å². The van der Waals surface area contributed by atoms with Gasteiger partial charge in [-0.1, -0.05) is 30.3 Å². The molecule has 0 unspecified atom stereocenters. The molecule has 1 aromatic heterocycles. The molecule has 2 heterocycles. The Hall–Kier alpha value is -2.14. The van der Waals surface area contributed by atoms with Crippen LogP contribution in [0.2, 0.25) is 0 Å². The molecule has 3 rings (SSSR count). The number of amides is 1. The highest BCUT2D eigenvalue weighted by atomic mass is 16.5. The first-order valence-corrected chi connectivity index (χ1v) is 7.09. The molecule has 1 saturated heterocycles. The Balaban J connectivity index is 1.66. The molecule has 0 radical (unpaired) electrons. The van der Waals surface area contributed by atoms with E-state index in [4.69, 9.17) is 9.15 Å². The molecular formula is C16H18N2O3. The number of carbonyl (C=O) groups excluding carboxylic acids is 1. The second kappa shape index (κ2) is 6.10. The summed E-state index contributed by atoms with van der Waals surface area (Å²) < 4.78 is 11.0. The summed E-state index contributed by atoms with van der Waals surface area (Å²) in [6.07, 6.45) is 2.14. The van der Waals surface area contributed by atoms with E-state index in [1.54, 1.807) is 11.8 Å². The molecule has 1 aromatic carbocycles. The smallest absolute Gasteiger partial charge is 0.291 e. The normalized spacial score (nSPS) is 18.7. The van der Waals surface area contributed by atoms with E-state index >= 15 is 0 Å². The van der Waals surface area contributed by atoms with Crippen molar-refractivity contribution >= 4 is 5.91 Å². The molecule has 5 nitrogen and oxygen atoms in total. The van der Waals surface area contributed by atoms with Gasteiger partial charge in [0.15, 0.2) is 6.39 Å². The van der Waals surface area contributed by atoms with Crippen molar-refractivity contribution in [2.24, 2.45) is 0 Å². The predicted octanol–water partition coefficient (Wildman–Crippen LogP) is 2.07. The zero-order valence-electron chi connectivity index (χ0n) is 12.0. The lowest BCUT2D eigenvalue weighted by Crippen LogP contribution is -2.46. The first kappa shape index (κ1) is 13.8. The van der Waals surface area contributed by atoms with E-state index in [-0.39, 0.29) is 12.0 Å². The van der Waals surface area contributed by atoms with Crippen LogP contribution >= 0.6 is 0 Å². The maximum absolute atomic E-state index is 12.4. The Morgan fingerprint density at radius 2 is 2.19 bits per heavy atom. The van der Waals surface area contributed by atoms with Crippen molar-refractivity contribution in [3.05, 3.63) is 53.7 Å². The Kier molecular flexibility index (Phi) is 4.01. The van der Waals surface area contributed by atoms with Crippen molar-refractivity contribution in [3.8, 4) is 0 Å². The fourth-order valence-electron chi connectivity index (χ4n) is 2.56. The number of aromatic nitrogens is 1. The van der Waals surface area contributed by atoms with Crippen LogP contribution in [0.4, 0.5) is 0 Å². The summed E-state index contributed by atoms with van der Waals surface area (Å²) in [6, 6.07) is 10.2. The highest BCUT2D eigenvalue weighted by Crippen LogP contribution is 2.15. The van der Waals surface area contributed by atoms with Crippen LogP contribution in [0.3, 0.4) is 0 Å². The molecule has 0 aliphatic carbocycles. The highest BCUT2D eigenvalue weighted by Gasteiger charge is 2.27. The van der Waals surface area contributed by atoms with Crippen molar-refractivity contribution in [3.63, 3.8) is 0 Å². The summed E-state index contributed by atoms with van der Waals surface area (Å²) in [4.78, 5) is 18.2. The Labute approximate surface area is 123 Å². The second-order valence-corrected chi connectivity index (χ2v) is 5.20. The third kappa shape index (κ3) is 3.13. The number of aryl methyl sites for hydroxylation is 1. The van der Waals surface area contributed by atoms with E-state index < -0.39 is 0 Å². The minimum atomic E-state index is -0.105. The van der Waals surface area contributed by atoms with Crippen LogP contribution in [-0.4, -0.2) is 41.6 Å². The SMILES string of the molecule is Cc1ncoc1C(=O)N1CCO[C@H](Cc2ccccc2)C1. The molecule has 2 aromatic rings. The minimum Gasteiger partial charge on any atom is -0.438 e. The Morgan fingerprint density at radius 3 is 2.90 bits per heavy atom. The van der Waals surface area contributed by atoms with Gasteiger partial charge in [0.25, 0.3) is 5.91 Å². The number of nitrogens with zero attached hydrogens (tertiary/aromatic N) is 2. The molecule has 0 saturated carbocycles. The second-order valence-electron chi connectivity index (χ2n) is 5.20. The lowest BCUT2D eigenvalue weighted by atomic mass is 10.1. The highest BCUT2D eigenvalue weighted by molar-refractivity contribution is 5.92. The lowest BCUT2D eigenvalue weighted by Gasteiger charge is -2.32. The number of hydrogen-bond donors (Lipinski definition) is 0. The quantitative estimate of drug-likeness (QED) is 0.866. The Bertz CT molecular complexity index is 609. The van der Waals surface area contributed by atoms with Crippen molar-refractivity contribution < 1.29 is 13.9 Å². The number of rotatable bonds is 3. The van der Waals surface area contributed by atoms with E-state index in [1.807, 2.05) is 18.2 Å². The number of carbonyl (C=O) groups is 1. The molecule has 0 spiro atoms. The van der Waals surface area contributed by atoms with Gasteiger partial charge >= 0.3 is 0 Å². The lowest BCUT2D eigenvalue weighted by molar-refractivity contribution is -0.0218. The van der Waals surface area contributed by atoms with Gasteiger partial charge < -0.3 is 14.1 Å². The maximum atomic E-state index is 12.4. The number of benzene rings is 1. The summed E-state index contributed by atoms with van der Waals surface area (Å²) in [6.45, 7) is 3.49. The molecule has 1 fully saturated rings. The van der Waals surface area contributed by atoms with Gasteiger partial charge in [-0.05, 0) is 12.5 Å². The van der Waals surface area contributed by atoms with Crippen LogP contribution in [0.1, 0.15) is 21.8 Å². The topological polar surface area (TPSA) is 55.6 Å². The van der Waals surface area contributed by atoms with Gasteiger partial charge in [0.05, 0.1) is 18.4 Å². The van der Waals surface area contributed by atoms with E-state index in [0.29, 0.717) is 31.2 Å². The summed E-state index contributed by atoms with van der Waals surface area (Å²) in [7, 11) is 0. The number of morpholine rings is 1. The third-order valence-electron chi connectivity index (χ3n) is 3.67. The summed E-state index contributed by atoms with van der Waals surface area (Å²) in [5.74, 6) is 0.224. The maximum Gasteiger partial charge on any atom is 0.291 e. The minimum absolute atomic E-state index is 0.0216.